The van der Waals surface area contributed by atoms with Gasteiger partial charge in [0.15, 0.2) is 17.5 Å². The highest BCUT2D eigenvalue weighted by Gasteiger charge is 2.21. The molecule has 250 valence electrons. The van der Waals surface area contributed by atoms with E-state index in [2.05, 4.69) is 127 Å². The molecular formula is C49H33N3O. The lowest BCUT2D eigenvalue weighted by Crippen LogP contribution is -2.01. The summed E-state index contributed by atoms with van der Waals surface area (Å²) in [5.41, 5.74) is 11.4. The van der Waals surface area contributed by atoms with Crippen LogP contribution >= 0.6 is 0 Å². The van der Waals surface area contributed by atoms with Crippen LogP contribution in [0.3, 0.4) is 0 Å². The highest BCUT2D eigenvalue weighted by atomic mass is 16.3. The van der Waals surface area contributed by atoms with Gasteiger partial charge < -0.3 is 4.42 Å². The van der Waals surface area contributed by atoms with Gasteiger partial charge in [-0.25, -0.2) is 15.0 Å². The normalized spacial score (nSPS) is 12.8. The summed E-state index contributed by atoms with van der Waals surface area (Å²) in [6, 6.07) is 54.8. The molecule has 0 spiro atoms. The number of para-hydroxylation sites is 1. The van der Waals surface area contributed by atoms with Crippen LogP contribution < -0.4 is 0 Å². The molecule has 7 aromatic carbocycles. The summed E-state index contributed by atoms with van der Waals surface area (Å²) in [5, 5.41) is 4.42. The summed E-state index contributed by atoms with van der Waals surface area (Å²) in [5.74, 6) is 1.83. The van der Waals surface area contributed by atoms with Gasteiger partial charge in [0.2, 0.25) is 0 Å². The molecule has 9 aromatic rings. The van der Waals surface area contributed by atoms with Crippen LogP contribution in [-0.2, 0) is 0 Å². The third-order valence-corrected chi connectivity index (χ3v) is 10.2. The monoisotopic (exact) mass is 679 g/mol. The van der Waals surface area contributed by atoms with Crippen LogP contribution in [0.15, 0.2) is 180 Å². The Morgan fingerprint density at radius 3 is 1.68 bits per heavy atom. The van der Waals surface area contributed by atoms with Crippen LogP contribution in [0.4, 0.5) is 0 Å². The second-order valence-corrected chi connectivity index (χ2v) is 13.5. The van der Waals surface area contributed by atoms with E-state index in [0.29, 0.717) is 17.5 Å². The van der Waals surface area contributed by atoms with Crippen molar-refractivity contribution in [3.05, 3.63) is 182 Å². The third-order valence-electron chi connectivity index (χ3n) is 10.2. The molecular weight excluding hydrogens is 647 g/mol. The molecule has 0 fully saturated rings. The van der Waals surface area contributed by atoms with Gasteiger partial charge in [0.05, 0.1) is 0 Å². The second-order valence-electron chi connectivity index (χ2n) is 13.5. The van der Waals surface area contributed by atoms with E-state index in [1.54, 1.807) is 0 Å². The number of fused-ring (bicyclic) bond motifs is 4. The number of rotatable bonds is 6. The average molecular weight is 680 g/mol. The minimum atomic E-state index is 0.595. The quantitative estimate of drug-likeness (QED) is 0.175. The molecule has 4 nitrogen and oxygen atoms in total. The molecule has 10 rings (SSSR count). The molecule has 0 atom stereocenters. The molecule has 1 aliphatic rings. The van der Waals surface area contributed by atoms with E-state index in [9.17, 15) is 0 Å². The first-order chi connectivity index (χ1) is 26.3. The van der Waals surface area contributed by atoms with Crippen LogP contribution in [0.2, 0.25) is 0 Å². The molecule has 0 saturated carbocycles. The summed E-state index contributed by atoms with van der Waals surface area (Å²) in [6.07, 6.45) is 9.01. The van der Waals surface area contributed by atoms with Gasteiger partial charge in [-0.1, -0.05) is 158 Å². The van der Waals surface area contributed by atoms with Crippen LogP contribution in [-0.4, -0.2) is 15.0 Å². The Labute approximate surface area is 307 Å². The molecule has 53 heavy (non-hydrogen) atoms. The lowest BCUT2D eigenvalue weighted by atomic mass is 9.89. The van der Waals surface area contributed by atoms with E-state index in [1.807, 2.05) is 48.5 Å². The van der Waals surface area contributed by atoms with E-state index in [-0.39, 0.29) is 0 Å². The van der Waals surface area contributed by atoms with Crippen LogP contribution in [0.25, 0.3) is 94.7 Å². The molecule has 0 amide bonds. The largest absolute Gasteiger partial charge is 0.456 e. The molecule has 2 heterocycles. The van der Waals surface area contributed by atoms with Crippen LogP contribution in [0, 0.1) is 0 Å². The first-order valence-corrected chi connectivity index (χ1v) is 18.1. The molecule has 0 aliphatic heterocycles. The number of furan rings is 1. The fourth-order valence-corrected chi connectivity index (χ4v) is 7.59. The van der Waals surface area contributed by atoms with Gasteiger partial charge >= 0.3 is 0 Å². The average Bonchev–Trinajstić information content (AvgIpc) is 3.62. The fourth-order valence-electron chi connectivity index (χ4n) is 7.59. The van der Waals surface area contributed by atoms with E-state index in [0.717, 1.165) is 68.2 Å². The predicted octanol–water partition coefficient (Wildman–Crippen LogP) is 13.0. The number of benzene rings is 7. The summed E-state index contributed by atoms with van der Waals surface area (Å²) < 4.78 is 6.60. The summed E-state index contributed by atoms with van der Waals surface area (Å²) in [4.78, 5) is 15.5. The van der Waals surface area contributed by atoms with E-state index in [1.165, 1.54) is 27.5 Å². The van der Waals surface area contributed by atoms with E-state index < -0.39 is 0 Å². The van der Waals surface area contributed by atoms with Crippen molar-refractivity contribution in [1.29, 1.82) is 0 Å². The van der Waals surface area contributed by atoms with Crippen molar-refractivity contribution in [1.82, 2.24) is 15.0 Å². The van der Waals surface area contributed by atoms with Gasteiger partial charge in [-0.15, -0.1) is 0 Å². The predicted molar refractivity (Wildman–Crippen MR) is 218 cm³/mol. The Bertz CT molecular complexity index is 2870. The zero-order valence-corrected chi connectivity index (χ0v) is 28.9. The van der Waals surface area contributed by atoms with Gasteiger partial charge in [-0.3, -0.25) is 0 Å². The highest BCUT2D eigenvalue weighted by molar-refractivity contribution is 6.14. The highest BCUT2D eigenvalue weighted by Crippen LogP contribution is 2.42. The second kappa shape index (κ2) is 13.0. The first-order valence-electron chi connectivity index (χ1n) is 18.1. The minimum absolute atomic E-state index is 0.595. The van der Waals surface area contributed by atoms with Crippen molar-refractivity contribution in [2.75, 3.05) is 0 Å². The first kappa shape index (κ1) is 30.9. The van der Waals surface area contributed by atoms with Crippen molar-refractivity contribution in [3.8, 4) is 56.4 Å². The van der Waals surface area contributed by atoms with Crippen molar-refractivity contribution < 1.29 is 4.42 Å². The molecule has 0 radical (unpaired) electrons. The lowest BCUT2D eigenvalue weighted by molar-refractivity contribution is 0.669. The lowest BCUT2D eigenvalue weighted by Gasteiger charge is -2.15. The van der Waals surface area contributed by atoms with E-state index >= 15 is 0 Å². The molecule has 1 aliphatic carbocycles. The summed E-state index contributed by atoms with van der Waals surface area (Å²) >= 11 is 0. The summed E-state index contributed by atoms with van der Waals surface area (Å²) in [6.45, 7) is 0. The number of allylic oxidation sites excluding steroid dienone is 4. The smallest absolute Gasteiger partial charge is 0.164 e. The maximum absolute atomic E-state index is 6.60. The van der Waals surface area contributed by atoms with Gasteiger partial charge in [0.25, 0.3) is 0 Å². The standard InChI is InChI=1S/C49H33N3O/c1-4-14-32(15-5-1)33-24-26-36(27-25-33)48-50-47(35-18-8-3-9-19-35)51-49(52-48)43-30-37(31-45-46(43)42-22-12-13-23-44(42)53-45)39-29-28-38(34-16-6-2-7-17-34)40-20-10-11-21-41(39)40/h1,3-6,8-31H,2,7H2. The van der Waals surface area contributed by atoms with Gasteiger partial charge in [0.1, 0.15) is 11.2 Å². The Hall–Kier alpha value is -6.91. The molecule has 0 N–H and O–H groups in total. The number of aromatic nitrogens is 3. The van der Waals surface area contributed by atoms with Gasteiger partial charge in [-0.05, 0) is 75.2 Å². The Balaban J connectivity index is 1.20. The Kier molecular flexibility index (Phi) is 7.58. The zero-order valence-electron chi connectivity index (χ0n) is 28.9. The minimum Gasteiger partial charge on any atom is -0.456 e. The molecule has 0 unspecified atom stereocenters. The molecule has 2 aromatic heterocycles. The van der Waals surface area contributed by atoms with Crippen molar-refractivity contribution in [2.45, 2.75) is 12.8 Å². The topological polar surface area (TPSA) is 51.8 Å². The van der Waals surface area contributed by atoms with Crippen LogP contribution in [0.1, 0.15) is 18.4 Å². The third kappa shape index (κ3) is 5.62. The van der Waals surface area contributed by atoms with Gasteiger partial charge in [0, 0.05) is 27.5 Å². The molecule has 0 saturated heterocycles. The number of hydrogen-bond donors (Lipinski definition) is 0. The Morgan fingerprint density at radius 1 is 0.396 bits per heavy atom. The number of nitrogens with zero attached hydrogens (tertiary/aromatic N) is 3. The SMILES string of the molecule is C1=CC(c2ccc(-c3cc(-c4nc(-c5ccccc5)nc(-c5ccc(-c6ccccc6)cc5)n4)c4c(c3)oc3ccccc34)c3ccccc23)=CCC1. The van der Waals surface area contributed by atoms with Crippen molar-refractivity contribution >= 4 is 38.3 Å². The Morgan fingerprint density at radius 2 is 0.962 bits per heavy atom. The fraction of sp³-hybridized carbons (Fsp3) is 0.0408. The molecule has 4 heteroatoms. The maximum Gasteiger partial charge on any atom is 0.164 e. The van der Waals surface area contributed by atoms with Gasteiger partial charge in [-0.2, -0.15) is 0 Å². The maximum atomic E-state index is 6.60. The number of hydrogen-bond acceptors (Lipinski definition) is 4. The summed E-state index contributed by atoms with van der Waals surface area (Å²) in [7, 11) is 0. The molecule has 0 bridgehead atoms. The van der Waals surface area contributed by atoms with Crippen molar-refractivity contribution in [2.24, 2.45) is 0 Å². The zero-order chi connectivity index (χ0) is 35.1. The van der Waals surface area contributed by atoms with E-state index in [4.69, 9.17) is 19.4 Å². The van der Waals surface area contributed by atoms with Crippen LogP contribution in [0.5, 0.6) is 0 Å². The van der Waals surface area contributed by atoms with Crippen molar-refractivity contribution in [3.63, 3.8) is 0 Å².